The van der Waals surface area contributed by atoms with E-state index in [2.05, 4.69) is 11.1 Å². The quantitative estimate of drug-likeness (QED) is 0.508. The van der Waals surface area contributed by atoms with E-state index < -0.39 is 0 Å². The van der Waals surface area contributed by atoms with Gasteiger partial charge in [0.2, 0.25) is 6.79 Å². The van der Waals surface area contributed by atoms with Crippen molar-refractivity contribution in [2.75, 3.05) is 6.79 Å². The Balaban J connectivity index is 1.66. The van der Waals surface area contributed by atoms with E-state index in [9.17, 15) is 4.79 Å². The van der Waals surface area contributed by atoms with Gasteiger partial charge < -0.3 is 14.2 Å². The first-order chi connectivity index (χ1) is 11.8. The number of hydrogen-bond acceptors (Lipinski definition) is 5. The number of pyridine rings is 1. The lowest BCUT2D eigenvalue weighted by Crippen LogP contribution is -2.21. The first kappa shape index (κ1) is 13.4. The zero-order valence-corrected chi connectivity index (χ0v) is 12.7. The van der Waals surface area contributed by atoms with E-state index in [0.29, 0.717) is 23.7 Å². The Kier molecular flexibility index (Phi) is 2.76. The molecule has 2 aliphatic heterocycles. The second kappa shape index (κ2) is 4.96. The molecule has 0 aliphatic carbocycles. The van der Waals surface area contributed by atoms with Crippen LogP contribution in [0.5, 0.6) is 17.2 Å². The minimum Gasteiger partial charge on any atom is -0.454 e. The van der Waals surface area contributed by atoms with Crippen LogP contribution in [0.25, 0.3) is 10.9 Å². The number of benzene rings is 2. The number of nitrogens with zero attached hydrogens (tertiary/aromatic N) is 1. The van der Waals surface area contributed by atoms with Crippen LogP contribution in [-0.2, 0) is 4.79 Å². The van der Waals surface area contributed by atoms with Gasteiger partial charge in [0.25, 0.3) is 0 Å². The number of carbonyl (C=O) groups is 1. The Morgan fingerprint density at radius 3 is 2.79 bits per heavy atom. The van der Waals surface area contributed by atoms with Crippen LogP contribution in [-0.4, -0.2) is 17.7 Å². The summed E-state index contributed by atoms with van der Waals surface area (Å²) in [7, 11) is 0. The third-order valence-electron chi connectivity index (χ3n) is 4.50. The smallest absolute Gasteiger partial charge is 0.312 e. The van der Waals surface area contributed by atoms with Crippen molar-refractivity contribution in [3.05, 3.63) is 59.8 Å². The Labute approximate surface area is 137 Å². The maximum atomic E-state index is 12.1. The SMILES string of the molecule is O=C1C[C@H](c2ccc3ncccc3c2)c2cc3c(cc2O1)OCO3. The van der Waals surface area contributed by atoms with Gasteiger partial charge in [0.15, 0.2) is 11.5 Å². The zero-order chi connectivity index (χ0) is 16.1. The molecule has 1 atom stereocenters. The Bertz CT molecular complexity index is 982. The lowest BCUT2D eigenvalue weighted by Gasteiger charge is -2.25. The fraction of sp³-hybridized carbons (Fsp3) is 0.158. The fourth-order valence-electron chi connectivity index (χ4n) is 3.35. The molecule has 0 bridgehead atoms. The van der Waals surface area contributed by atoms with Gasteiger partial charge >= 0.3 is 5.97 Å². The molecule has 2 aromatic carbocycles. The van der Waals surface area contributed by atoms with E-state index in [1.807, 2.05) is 30.3 Å². The molecule has 5 rings (SSSR count). The van der Waals surface area contributed by atoms with Crippen molar-refractivity contribution in [1.82, 2.24) is 4.98 Å². The molecule has 1 aromatic heterocycles. The minimum absolute atomic E-state index is 0.0691. The molecule has 2 aliphatic rings. The zero-order valence-electron chi connectivity index (χ0n) is 12.7. The molecule has 0 fully saturated rings. The molecule has 0 amide bonds. The highest BCUT2D eigenvalue weighted by Gasteiger charge is 2.31. The molecule has 24 heavy (non-hydrogen) atoms. The number of rotatable bonds is 1. The number of esters is 1. The average Bonchev–Trinajstić information content (AvgIpc) is 3.06. The van der Waals surface area contributed by atoms with Gasteiger partial charge in [-0.15, -0.1) is 0 Å². The Morgan fingerprint density at radius 2 is 1.88 bits per heavy atom. The minimum atomic E-state index is -0.238. The molecule has 0 unspecified atom stereocenters. The lowest BCUT2D eigenvalue weighted by atomic mass is 9.85. The van der Waals surface area contributed by atoms with E-state index in [1.54, 1.807) is 12.3 Å². The van der Waals surface area contributed by atoms with Crippen molar-refractivity contribution in [2.45, 2.75) is 12.3 Å². The van der Waals surface area contributed by atoms with Gasteiger partial charge in [0.05, 0.1) is 11.9 Å². The summed E-state index contributed by atoms with van der Waals surface area (Å²) in [6.07, 6.45) is 2.08. The Morgan fingerprint density at radius 1 is 1.00 bits per heavy atom. The summed E-state index contributed by atoms with van der Waals surface area (Å²) in [6.45, 7) is 0.193. The van der Waals surface area contributed by atoms with Gasteiger partial charge in [-0.25, -0.2) is 0 Å². The Hall–Kier alpha value is -3.08. The summed E-state index contributed by atoms with van der Waals surface area (Å²) >= 11 is 0. The van der Waals surface area contributed by atoms with E-state index in [1.165, 1.54) is 0 Å². The van der Waals surface area contributed by atoms with Gasteiger partial charge in [-0.3, -0.25) is 9.78 Å². The predicted octanol–water partition coefficient (Wildman–Crippen LogP) is 3.40. The molecule has 0 N–H and O–H groups in total. The monoisotopic (exact) mass is 319 g/mol. The number of hydrogen-bond donors (Lipinski definition) is 0. The first-order valence-corrected chi connectivity index (χ1v) is 7.77. The van der Waals surface area contributed by atoms with Gasteiger partial charge in [-0.05, 0) is 29.8 Å². The molecule has 0 saturated carbocycles. The topological polar surface area (TPSA) is 57.7 Å². The summed E-state index contributed by atoms with van der Waals surface area (Å²) in [6, 6.07) is 13.7. The van der Waals surface area contributed by atoms with E-state index in [4.69, 9.17) is 14.2 Å². The van der Waals surface area contributed by atoms with E-state index in [-0.39, 0.29) is 18.7 Å². The maximum Gasteiger partial charge on any atom is 0.312 e. The van der Waals surface area contributed by atoms with Crippen molar-refractivity contribution in [1.29, 1.82) is 0 Å². The standard InChI is InChI=1S/C19H13NO4/c21-19-8-13(11-3-4-15-12(6-11)2-1-5-20-15)14-7-17-18(23-10-22-17)9-16(14)24-19/h1-7,9,13H,8,10H2/t13-/m1/s1. The van der Waals surface area contributed by atoms with Gasteiger partial charge in [-0.1, -0.05) is 12.1 Å². The normalized spacial score (nSPS) is 18.3. The van der Waals surface area contributed by atoms with Crippen LogP contribution in [0.15, 0.2) is 48.7 Å². The lowest BCUT2D eigenvalue weighted by molar-refractivity contribution is -0.135. The van der Waals surface area contributed by atoms with E-state index in [0.717, 1.165) is 22.0 Å². The molecule has 5 heteroatoms. The molecule has 0 saturated heterocycles. The van der Waals surface area contributed by atoms with E-state index >= 15 is 0 Å². The number of fused-ring (bicyclic) bond motifs is 3. The molecule has 0 radical (unpaired) electrons. The maximum absolute atomic E-state index is 12.1. The van der Waals surface area contributed by atoms with Crippen LogP contribution in [0, 0.1) is 0 Å². The van der Waals surface area contributed by atoms with Crippen molar-refractivity contribution in [3.8, 4) is 17.2 Å². The van der Waals surface area contributed by atoms with Gasteiger partial charge in [0, 0.05) is 29.1 Å². The highest BCUT2D eigenvalue weighted by molar-refractivity contribution is 5.82. The molecule has 0 spiro atoms. The fourth-order valence-corrected chi connectivity index (χ4v) is 3.35. The summed E-state index contributed by atoms with van der Waals surface area (Å²) in [5.41, 5.74) is 2.94. The largest absolute Gasteiger partial charge is 0.454 e. The molecule has 5 nitrogen and oxygen atoms in total. The number of carbonyl (C=O) groups excluding carboxylic acids is 1. The van der Waals surface area contributed by atoms with Crippen LogP contribution >= 0.6 is 0 Å². The van der Waals surface area contributed by atoms with Crippen molar-refractivity contribution >= 4 is 16.9 Å². The summed E-state index contributed by atoms with van der Waals surface area (Å²) < 4.78 is 16.3. The second-order valence-electron chi connectivity index (χ2n) is 5.93. The highest BCUT2D eigenvalue weighted by atomic mass is 16.7. The molecular formula is C19H13NO4. The molecule has 3 aromatic rings. The number of aromatic nitrogens is 1. The second-order valence-corrected chi connectivity index (χ2v) is 5.93. The van der Waals surface area contributed by atoms with Crippen LogP contribution in [0.4, 0.5) is 0 Å². The van der Waals surface area contributed by atoms with Crippen molar-refractivity contribution < 1.29 is 19.0 Å². The van der Waals surface area contributed by atoms with Crippen LogP contribution in [0.2, 0.25) is 0 Å². The third-order valence-corrected chi connectivity index (χ3v) is 4.50. The summed E-state index contributed by atoms with van der Waals surface area (Å²) in [5.74, 6) is 1.55. The van der Waals surface area contributed by atoms with Gasteiger partial charge in [0.1, 0.15) is 5.75 Å². The molecule has 3 heterocycles. The van der Waals surface area contributed by atoms with Crippen molar-refractivity contribution in [3.63, 3.8) is 0 Å². The average molecular weight is 319 g/mol. The molecule has 118 valence electrons. The van der Waals surface area contributed by atoms with Crippen molar-refractivity contribution in [2.24, 2.45) is 0 Å². The predicted molar refractivity (Wildman–Crippen MR) is 86.4 cm³/mol. The van der Waals surface area contributed by atoms with Crippen LogP contribution in [0.1, 0.15) is 23.5 Å². The van der Waals surface area contributed by atoms with Crippen LogP contribution in [0.3, 0.4) is 0 Å². The van der Waals surface area contributed by atoms with Gasteiger partial charge in [-0.2, -0.15) is 0 Å². The molecular weight excluding hydrogens is 306 g/mol. The highest BCUT2D eigenvalue weighted by Crippen LogP contribution is 2.46. The first-order valence-electron chi connectivity index (χ1n) is 7.77. The van der Waals surface area contributed by atoms with Crippen LogP contribution < -0.4 is 14.2 Å². The summed E-state index contributed by atoms with van der Waals surface area (Å²) in [5, 5.41) is 1.05. The number of ether oxygens (including phenoxy) is 3. The summed E-state index contributed by atoms with van der Waals surface area (Å²) in [4.78, 5) is 16.4. The third kappa shape index (κ3) is 2.01.